The molecule has 2 aliphatic rings. The number of nitrogens with zero attached hydrogens (tertiary/aromatic N) is 2. The molecule has 0 bridgehead atoms. The minimum absolute atomic E-state index is 0.0996. The van der Waals surface area contributed by atoms with E-state index in [0.29, 0.717) is 42.1 Å². The zero-order valence-corrected chi connectivity index (χ0v) is 20.1. The van der Waals surface area contributed by atoms with Crippen LogP contribution in [0.2, 0.25) is 0 Å². The van der Waals surface area contributed by atoms with Crippen LogP contribution in [0.3, 0.4) is 0 Å². The first-order valence-electron chi connectivity index (χ1n) is 11.9. The van der Waals surface area contributed by atoms with Crippen molar-refractivity contribution in [3.05, 3.63) is 89.0 Å². The normalized spacial score (nSPS) is 16.5. The molecule has 1 heterocycles. The van der Waals surface area contributed by atoms with Gasteiger partial charge in [-0.25, -0.2) is 0 Å². The highest BCUT2D eigenvalue weighted by atomic mass is 19.4. The summed E-state index contributed by atoms with van der Waals surface area (Å²) in [4.78, 5) is 30.0. The summed E-state index contributed by atoms with van der Waals surface area (Å²) in [5.41, 5.74) is 0.488. The summed E-state index contributed by atoms with van der Waals surface area (Å²) in [7, 11) is 0. The van der Waals surface area contributed by atoms with Gasteiger partial charge in [-0.3, -0.25) is 9.59 Å². The van der Waals surface area contributed by atoms with Gasteiger partial charge in [0, 0.05) is 30.8 Å². The number of ether oxygens (including phenoxy) is 1. The standard InChI is InChI=1S/C28H25F3N2O4/c1-18-16-20(4-11-24(18)34)26(36)33-15-14-32(17-27(33)12-13-27)25(35)19-2-7-22(8-3-19)37-23-9-5-21(6-10-23)28(29,30)31/h2-11,16,34H,12-15,17H2,1H3. The Morgan fingerprint density at radius 1 is 0.865 bits per heavy atom. The molecule has 2 amide bonds. The van der Waals surface area contributed by atoms with Crippen molar-refractivity contribution in [1.82, 2.24) is 9.80 Å². The number of phenolic OH excluding ortho intramolecular Hbond substituents is 1. The number of carbonyl (C=O) groups is 2. The lowest BCUT2D eigenvalue weighted by Crippen LogP contribution is -2.58. The molecule has 1 saturated carbocycles. The smallest absolute Gasteiger partial charge is 0.416 e. The summed E-state index contributed by atoms with van der Waals surface area (Å²) in [5, 5.41) is 9.77. The number of aromatic hydroxyl groups is 1. The van der Waals surface area contributed by atoms with Crippen LogP contribution in [0.1, 0.15) is 44.7 Å². The molecule has 37 heavy (non-hydrogen) atoms. The summed E-state index contributed by atoms with van der Waals surface area (Å²) in [6.45, 7) is 3.00. The first kappa shape index (κ1) is 24.7. The van der Waals surface area contributed by atoms with Crippen LogP contribution in [0.25, 0.3) is 0 Å². The van der Waals surface area contributed by atoms with Gasteiger partial charge in [0.15, 0.2) is 0 Å². The number of hydrogen-bond acceptors (Lipinski definition) is 4. The highest BCUT2D eigenvalue weighted by molar-refractivity contribution is 5.97. The largest absolute Gasteiger partial charge is 0.508 e. The number of amides is 2. The second-order valence-corrected chi connectivity index (χ2v) is 9.56. The lowest BCUT2D eigenvalue weighted by Gasteiger charge is -2.42. The van der Waals surface area contributed by atoms with Crippen LogP contribution in [0.4, 0.5) is 13.2 Å². The number of benzene rings is 3. The molecule has 9 heteroatoms. The number of rotatable bonds is 4. The van der Waals surface area contributed by atoms with E-state index in [0.717, 1.165) is 25.0 Å². The molecule has 1 spiro atoms. The molecule has 1 saturated heterocycles. The van der Waals surface area contributed by atoms with Crippen LogP contribution in [0.15, 0.2) is 66.7 Å². The quantitative estimate of drug-likeness (QED) is 0.493. The Labute approximate surface area is 211 Å². The predicted octanol–water partition coefficient (Wildman–Crippen LogP) is 5.64. The molecule has 6 nitrogen and oxygen atoms in total. The minimum Gasteiger partial charge on any atom is -0.508 e. The molecule has 0 radical (unpaired) electrons. The number of aryl methyl sites for hydroxylation is 1. The van der Waals surface area contributed by atoms with Gasteiger partial charge in [0.05, 0.1) is 11.1 Å². The van der Waals surface area contributed by atoms with Crippen LogP contribution in [-0.4, -0.2) is 51.9 Å². The minimum atomic E-state index is -4.41. The van der Waals surface area contributed by atoms with Gasteiger partial charge in [0.1, 0.15) is 17.2 Å². The molecule has 0 aromatic heterocycles. The highest BCUT2D eigenvalue weighted by Gasteiger charge is 2.54. The van der Waals surface area contributed by atoms with Gasteiger partial charge < -0.3 is 19.6 Å². The van der Waals surface area contributed by atoms with Crippen molar-refractivity contribution in [3.8, 4) is 17.2 Å². The third-order valence-corrected chi connectivity index (χ3v) is 6.97. The Balaban J connectivity index is 1.23. The number of piperazine rings is 1. The lowest BCUT2D eigenvalue weighted by molar-refractivity contribution is -0.137. The molecule has 0 atom stereocenters. The molecule has 3 aromatic rings. The number of halogens is 3. The van der Waals surface area contributed by atoms with Crippen LogP contribution >= 0.6 is 0 Å². The maximum Gasteiger partial charge on any atom is 0.416 e. The Bertz CT molecular complexity index is 1330. The highest BCUT2D eigenvalue weighted by Crippen LogP contribution is 2.45. The van der Waals surface area contributed by atoms with E-state index in [-0.39, 0.29) is 28.9 Å². The number of phenols is 1. The van der Waals surface area contributed by atoms with Crippen molar-refractivity contribution in [2.75, 3.05) is 19.6 Å². The van der Waals surface area contributed by atoms with E-state index in [4.69, 9.17) is 4.74 Å². The molecule has 1 N–H and O–H groups in total. The fourth-order valence-corrected chi connectivity index (χ4v) is 4.68. The Kier molecular flexibility index (Phi) is 6.09. The third kappa shape index (κ3) is 4.98. The van der Waals surface area contributed by atoms with Crippen LogP contribution in [-0.2, 0) is 6.18 Å². The average Bonchev–Trinajstić information content (AvgIpc) is 3.64. The maximum absolute atomic E-state index is 13.2. The van der Waals surface area contributed by atoms with Gasteiger partial charge in [-0.2, -0.15) is 13.2 Å². The van der Waals surface area contributed by atoms with Gasteiger partial charge in [0.2, 0.25) is 0 Å². The third-order valence-electron chi connectivity index (χ3n) is 6.97. The zero-order chi connectivity index (χ0) is 26.4. The van der Waals surface area contributed by atoms with E-state index in [1.807, 2.05) is 4.90 Å². The van der Waals surface area contributed by atoms with Gasteiger partial charge in [-0.05, 0) is 92.1 Å². The Morgan fingerprint density at radius 3 is 2.03 bits per heavy atom. The number of alkyl halides is 3. The molecular weight excluding hydrogens is 485 g/mol. The summed E-state index contributed by atoms with van der Waals surface area (Å²) in [6, 6.07) is 15.7. The SMILES string of the molecule is Cc1cc(C(=O)N2CCN(C(=O)c3ccc(Oc4ccc(C(F)(F)F)cc4)cc3)CC23CC3)ccc1O. The van der Waals surface area contributed by atoms with Gasteiger partial charge in [0.25, 0.3) is 11.8 Å². The van der Waals surface area contributed by atoms with E-state index in [9.17, 15) is 27.9 Å². The molecule has 192 valence electrons. The summed E-state index contributed by atoms with van der Waals surface area (Å²) >= 11 is 0. The molecule has 5 rings (SSSR count). The van der Waals surface area contributed by atoms with E-state index in [2.05, 4.69) is 0 Å². The van der Waals surface area contributed by atoms with E-state index in [1.165, 1.54) is 18.2 Å². The van der Waals surface area contributed by atoms with E-state index in [1.54, 1.807) is 48.2 Å². The average molecular weight is 511 g/mol. The summed E-state index contributed by atoms with van der Waals surface area (Å²) < 4.78 is 43.8. The van der Waals surface area contributed by atoms with Crippen LogP contribution in [0.5, 0.6) is 17.2 Å². The van der Waals surface area contributed by atoms with Crippen LogP contribution < -0.4 is 4.74 Å². The fraction of sp³-hybridized carbons (Fsp3) is 0.286. The maximum atomic E-state index is 13.2. The molecule has 3 aromatic carbocycles. The Hall–Kier alpha value is -4.01. The summed E-state index contributed by atoms with van der Waals surface area (Å²) in [6.07, 6.45) is -2.78. The monoisotopic (exact) mass is 510 g/mol. The topological polar surface area (TPSA) is 70.1 Å². The number of hydrogen-bond donors (Lipinski definition) is 1. The van der Waals surface area contributed by atoms with Crippen molar-refractivity contribution < 1.29 is 32.6 Å². The van der Waals surface area contributed by atoms with Gasteiger partial charge in [-0.1, -0.05) is 0 Å². The van der Waals surface area contributed by atoms with Crippen molar-refractivity contribution in [2.24, 2.45) is 0 Å². The lowest BCUT2D eigenvalue weighted by atomic mass is 10.0. The zero-order valence-electron chi connectivity index (χ0n) is 20.1. The predicted molar refractivity (Wildman–Crippen MR) is 130 cm³/mol. The molecule has 1 aliphatic heterocycles. The van der Waals surface area contributed by atoms with E-state index >= 15 is 0 Å². The van der Waals surface area contributed by atoms with Gasteiger partial charge in [-0.15, -0.1) is 0 Å². The summed E-state index contributed by atoms with van der Waals surface area (Å²) in [5.74, 6) is 0.545. The van der Waals surface area contributed by atoms with Crippen molar-refractivity contribution in [2.45, 2.75) is 31.5 Å². The second-order valence-electron chi connectivity index (χ2n) is 9.56. The first-order chi connectivity index (χ1) is 17.6. The van der Waals surface area contributed by atoms with Gasteiger partial charge >= 0.3 is 6.18 Å². The van der Waals surface area contributed by atoms with Crippen molar-refractivity contribution in [1.29, 1.82) is 0 Å². The van der Waals surface area contributed by atoms with Crippen molar-refractivity contribution >= 4 is 11.8 Å². The van der Waals surface area contributed by atoms with Crippen molar-refractivity contribution in [3.63, 3.8) is 0 Å². The number of carbonyl (C=O) groups excluding carboxylic acids is 2. The first-order valence-corrected chi connectivity index (χ1v) is 11.9. The fourth-order valence-electron chi connectivity index (χ4n) is 4.68. The molecule has 1 aliphatic carbocycles. The molecule has 0 unspecified atom stereocenters. The van der Waals surface area contributed by atoms with E-state index < -0.39 is 11.7 Å². The molecular formula is C28H25F3N2O4. The molecule has 2 fully saturated rings. The second kappa shape index (κ2) is 9.14. The van der Waals surface area contributed by atoms with Crippen LogP contribution in [0, 0.1) is 6.92 Å². The Morgan fingerprint density at radius 2 is 1.46 bits per heavy atom.